The van der Waals surface area contributed by atoms with Crippen LogP contribution >= 0.6 is 15.9 Å². The number of aromatic nitrogens is 2. The highest BCUT2D eigenvalue weighted by molar-refractivity contribution is 9.10. The first-order chi connectivity index (χ1) is 8.16. The van der Waals surface area contributed by atoms with Crippen molar-refractivity contribution >= 4 is 21.9 Å². The number of carboxylic acids is 1. The average Bonchev–Trinajstić information content (AvgIpc) is 2.70. The van der Waals surface area contributed by atoms with Crippen molar-refractivity contribution in [3.05, 3.63) is 52.5 Å². The zero-order valence-corrected chi connectivity index (χ0v) is 10.6. The third kappa shape index (κ3) is 2.94. The highest BCUT2D eigenvalue weighted by Gasteiger charge is 2.08. The molecule has 0 spiro atoms. The SMILES string of the molecule is O=C(O)c1cc(Br)n(CCc2ccncc2)c1. The van der Waals surface area contributed by atoms with Crippen LogP contribution < -0.4 is 0 Å². The van der Waals surface area contributed by atoms with Gasteiger partial charge >= 0.3 is 5.97 Å². The maximum absolute atomic E-state index is 10.8. The van der Waals surface area contributed by atoms with Crippen LogP contribution in [0.3, 0.4) is 0 Å². The van der Waals surface area contributed by atoms with Gasteiger partial charge in [0.1, 0.15) is 0 Å². The first-order valence-electron chi connectivity index (χ1n) is 5.14. The summed E-state index contributed by atoms with van der Waals surface area (Å²) in [7, 11) is 0. The van der Waals surface area contributed by atoms with Crippen molar-refractivity contribution < 1.29 is 9.90 Å². The quantitative estimate of drug-likeness (QED) is 0.943. The second-order valence-corrected chi connectivity index (χ2v) is 4.47. The van der Waals surface area contributed by atoms with E-state index in [1.807, 2.05) is 16.7 Å². The molecule has 1 N–H and O–H groups in total. The predicted octanol–water partition coefficient (Wildman–Crippen LogP) is 2.59. The van der Waals surface area contributed by atoms with Gasteiger partial charge in [0.15, 0.2) is 0 Å². The van der Waals surface area contributed by atoms with Gasteiger partial charge in [-0.25, -0.2) is 4.79 Å². The molecule has 0 aromatic carbocycles. The molecule has 0 radical (unpaired) electrons. The Balaban J connectivity index is 2.07. The normalized spacial score (nSPS) is 10.4. The summed E-state index contributed by atoms with van der Waals surface area (Å²) in [4.78, 5) is 14.7. The Labute approximate surface area is 107 Å². The second kappa shape index (κ2) is 5.14. The number of pyridine rings is 1. The Morgan fingerprint density at radius 1 is 1.41 bits per heavy atom. The number of hydrogen-bond donors (Lipinski definition) is 1. The summed E-state index contributed by atoms with van der Waals surface area (Å²) in [6, 6.07) is 5.51. The summed E-state index contributed by atoms with van der Waals surface area (Å²) < 4.78 is 2.66. The lowest BCUT2D eigenvalue weighted by atomic mass is 10.2. The molecule has 0 saturated carbocycles. The van der Waals surface area contributed by atoms with Crippen LogP contribution in [0.2, 0.25) is 0 Å². The molecule has 0 aliphatic rings. The van der Waals surface area contributed by atoms with Crippen LogP contribution in [0.15, 0.2) is 41.4 Å². The minimum Gasteiger partial charge on any atom is -0.478 e. The van der Waals surface area contributed by atoms with Crippen LogP contribution in [0.1, 0.15) is 15.9 Å². The Kier molecular flexibility index (Phi) is 3.58. The Morgan fingerprint density at radius 3 is 2.71 bits per heavy atom. The van der Waals surface area contributed by atoms with Crippen molar-refractivity contribution in [1.82, 2.24) is 9.55 Å². The van der Waals surface area contributed by atoms with Crippen molar-refractivity contribution in [2.75, 3.05) is 0 Å². The summed E-state index contributed by atoms with van der Waals surface area (Å²) in [6.45, 7) is 0.734. The molecule has 0 bridgehead atoms. The van der Waals surface area contributed by atoms with Crippen LogP contribution in [0.5, 0.6) is 0 Å². The van der Waals surface area contributed by atoms with Gasteiger partial charge in [0.2, 0.25) is 0 Å². The minimum atomic E-state index is -0.909. The average molecular weight is 295 g/mol. The monoisotopic (exact) mass is 294 g/mol. The van der Waals surface area contributed by atoms with Gasteiger partial charge in [-0.05, 0) is 46.1 Å². The van der Waals surface area contributed by atoms with Gasteiger partial charge in [-0.1, -0.05) is 0 Å². The zero-order chi connectivity index (χ0) is 12.3. The van der Waals surface area contributed by atoms with Crippen LogP contribution in [-0.2, 0) is 13.0 Å². The molecule has 17 heavy (non-hydrogen) atoms. The van der Waals surface area contributed by atoms with Gasteiger partial charge < -0.3 is 9.67 Å². The molecule has 0 aliphatic heterocycles. The maximum Gasteiger partial charge on any atom is 0.337 e. The van der Waals surface area contributed by atoms with Crippen LogP contribution in [0, 0.1) is 0 Å². The van der Waals surface area contributed by atoms with Gasteiger partial charge in [0, 0.05) is 25.1 Å². The molecule has 0 fully saturated rings. The number of aryl methyl sites for hydroxylation is 2. The zero-order valence-electron chi connectivity index (χ0n) is 9.01. The van der Waals surface area contributed by atoms with Gasteiger partial charge in [0.05, 0.1) is 10.2 Å². The van der Waals surface area contributed by atoms with Crippen molar-refractivity contribution in [1.29, 1.82) is 0 Å². The van der Waals surface area contributed by atoms with Crippen molar-refractivity contribution in [2.24, 2.45) is 0 Å². The van der Waals surface area contributed by atoms with E-state index in [0.717, 1.165) is 17.6 Å². The number of aromatic carboxylic acids is 1. The topological polar surface area (TPSA) is 55.1 Å². The highest BCUT2D eigenvalue weighted by Crippen LogP contribution is 2.16. The molecule has 0 atom stereocenters. The summed E-state index contributed by atoms with van der Waals surface area (Å²) in [5, 5.41) is 8.87. The van der Waals surface area contributed by atoms with E-state index < -0.39 is 5.97 Å². The summed E-state index contributed by atoms with van der Waals surface area (Å²) in [5.74, 6) is -0.909. The minimum absolute atomic E-state index is 0.298. The predicted molar refractivity (Wildman–Crippen MR) is 67.0 cm³/mol. The molecule has 5 heteroatoms. The number of carbonyl (C=O) groups is 1. The lowest BCUT2D eigenvalue weighted by molar-refractivity contribution is 0.0697. The van der Waals surface area contributed by atoms with Crippen molar-refractivity contribution in [3.63, 3.8) is 0 Å². The number of hydrogen-bond acceptors (Lipinski definition) is 2. The fourth-order valence-corrected chi connectivity index (χ4v) is 2.09. The molecule has 0 unspecified atom stereocenters. The highest BCUT2D eigenvalue weighted by atomic mass is 79.9. The van der Waals surface area contributed by atoms with Gasteiger partial charge in [-0.15, -0.1) is 0 Å². The van der Waals surface area contributed by atoms with E-state index >= 15 is 0 Å². The second-order valence-electron chi connectivity index (χ2n) is 3.66. The number of nitrogens with zero attached hydrogens (tertiary/aromatic N) is 2. The van der Waals surface area contributed by atoms with Gasteiger partial charge in [-0.2, -0.15) is 0 Å². The summed E-state index contributed by atoms with van der Waals surface area (Å²) >= 11 is 3.35. The largest absolute Gasteiger partial charge is 0.478 e. The van der Waals surface area contributed by atoms with Gasteiger partial charge in [0.25, 0.3) is 0 Å². The number of halogens is 1. The van der Waals surface area contributed by atoms with E-state index in [1.54, 1.807) is 24.7 Å². The number of carboxylic acid groups (broad SMARTS) is 1. The van der Waals surface area contributed by atoms with E-state index in [2.05, 4.69) is 20.9 Å². The number of rotatable bonds is 4. The van der Waals surface area contributed by atoms with Gasteiger partial charge in [-0.3, -0.25) is 4.98 Å². The van der Waals surface area contributed by atoms with E-state index in [9.17, 15) is 4.79 Å². The lowest BCUT2D eigenvalue weighted by Gasteiger charge is -2.04. The summed E-state index contributed by atoms with van der Waals surface area (Å²) in [5.41, 5.74) is 1.48. The van der Waals surface area contributed by atoms with E-state index in [-0.39, 0.29) is 0 Å². The standard InChI is InChI=1S/C12H11BrN2O2/c13-11-7-10(12(16)17)8-15(11)6-3-9-1-4-14-5-2-9/h1-2,4-5,7-8H,3,6H2,(H,16,17). The first-order valence-corrected chi connectivity index (χ1v) is 5.94. The maximum atomic E-state index is 10.8. The van der Waals surface area contributed by atoms with Crippen molar-refractivity contribution in [2.45, 2.75) is 13.0 Å². The first kappa shape index (κ1) is 11.9. The van der Waals surface area contributed by atoms with Crippen LogP contribution in [-0.4, -0.2) is 20.6 Å². The molecule has 88 valence electrons. The Morgan fingerprint density at radius 2 is 2.12 bits per heavy atom. The fourth-order valence-electron chi connectivity index (χ4n) is 1.57. The molecule has 0 aliphatic carbocycles. The molecular weight excluding hydrogens is 284 g/mol. The molecule has 2 rings (SSSR count). The summed E-state index contributed by atoms with van der Waals surface area (Å²) in [6.07, 6.45) is 5.98. The third-order valence-corrected chi connectivity index (χ3v) is 3.17. The van der Waals surface area contributed by atoms with Crippen molar-refractivity contribution in [3.8, 4) is 0 Å². The van der Waals surface area contributed by atoms with E-state index in [4.69, 9.17) is 5.11 Å². The fraction of sp³-hybridized carbons (Fsp3) is 0.167. The molecule has 0 saturated heterocycles. The molecule has 0 amide bonds. The molecule has 2 aromatic rings. The lowest BCUT2D eigenvalue weighted by Crippen LogP contribution is -2.01. The van der Waals surface area contributed by atoms with E-state index in [1.165, 1.54) is 5.56 Å². The Hall–Kier alpha value is -1.62. The molecule has 2 heterocycles. The van der Waals surface area contributed by atoms with E-state index in [0.29, 0.717) is 5.56 Å². The third-order valence-electron chi connectivity index (χ3n) is 2.48. The molecular formula is C12H11BrN2O2. The molecule has 4 nitrogen and oxygen atoms in total. The Bertz CT molecular complexity index is 523. The molecule has 2 aromatic heterocycles. The van der Waals surface area contributed by atoms with Crippen LogP contribution in [0.25, 0.3) is 0 Å². The smallest absolute Gasteiger partial charge is 0.337 e. The van der Waals surface area contributed by atoms with Crippen LogP contribution in [0.4, 0.5) is 0 Å².